The quantitative estimate of drug-likeness (QED) is 0.831. The van der Waals surface area contributed by atoms with Crippen LogP contribution in [0.25, 0.3) is 0 Å². The molecule has 1 unspecified atom stereocenters. The van der Waals surface area contributed by atoms with Gasteiger partial charge in [0.2, 0.25) is 0 Å². The van der Waals surface area contributed by atoms with Crippen molar-refractivity contribution in [2.45, 2.75) is 18.9 Å². The summed E-state index contributed by atoms with van der Waals surface area (Å²) in [5.74, 6) is 0.819. The molecular formula is C17H20BrNO2. The van der Waals surface area contributed by atoms with Gasteiger partial charge in [-0.25, -0.2) is 0 Å². The molecule has 0 aliphatic heterocycles. The van der Waals surface area contributed by atoms with Gasteiger partial charge in [-0.3, -0.25) is 0 Å². The highest BCUT2D eigenvalue weighted by atomic mass is 79.9. The summed E-state index contributed by atoms with van der Waals surface area (Å²) >= 11 is 3.43. The van der Waals surface area contributed by atoms with Crippen LogP contribution in [0.2, 0.25) is 0 Å². The van der Waals surface area contributed by atoms with Gasteiger partial charge in [0.05, 0.1) is 19.3 Å². The lowest BCUT2D eigenvalue weighted by Crippen LogP contribution is -2.41. The summed E-state index contributed by atoms with van der Waals surface area (Å²) in [6.07, 6.45) is 0.739. The zero-order chi connectivity index (χ0) is 15.3. The lowest BCUT2D eigenvalue weighted by molar-refractivity contribution is 0.222. The summed E-state index contributed by atoms with van der Waals surface area (Å²) in [6, 6.07) is 15.9. The number of aliphatic hydroxyl groups excluding tert-OH is 1. The molecule has 0 aliphatic rings. The van der Waals surface area contributed by atoms with E-state index >= 15 is 0 Å². The summed E-state index contributed by atoms with van der Waals surface area (Å²) in [6.45, 7) is 2.06. The van der Waals surface area contributed by atoms with E-state index in [1.807, 2.05) is 43.3 Å². The first-order chi connectivity index (χ1) is 10.0. The molecule has 0 saturated heterocycles. The van der Waals surface area contributed by atoms with Gasteiger partial charge in [-0.15, -0.1) is 0 Å². The molecule has 0 fully saturated rings. The second-order valence-corrected chi connectivity index (χ2v) is 6.29. The Kier molecular flexibility index (Phi) is 5.26. The highest BCUT2D eigenvalue weighted by Crippen LogP contribution is 2.22. The number of benzene rings is 2. The van der Waals surface area contributed by atoms with Crippen LogP contribution >= 0.6 is 15.9 Å². The van der Waals surface area contributed by atoms with Crippen molar-refractivity contribution < 1.29 is 9.84 Å². The minimum absolute atomic E-state index is 0.0507. The Labute approximate surface area is 134 Å². The van der Waals surface area contributed by atoms with Gasteiger partial charge in [-0.1, -0.05) is 28.1 Å². The van der Waals surface area contributed by atoms with Crippen molar-refractivity contribution in [2.24, 2.45) is 0 Å². The molecule has 0 saturated carbocycles. The van der Waals surface area contributed by atoms with Crippen molar-refractivity contribution in [3.8, 4) is 5.75 Å². The minimum atomic E-state index is -0.414. The predicted molar refractivity (Wildman–Crippen MR) is 90.0 cm³/mol. The monoisotopic (exact) mass is 349 g/mol. The van der Waals surface area contributed by atoms with Crippen molar-refractivity contribution in [3.05, 3.63) is 58.6 Å². The SMILES string of the molecule is COc1ccc(NC(C)(CO)Cc2ccc(Br)cc2)cc1. The van der Waals surface area contributed by atoms with Gasteiger partial charge in [0, 0.05) is 10.2 Å². The normalized spacial score (nSPS) is 13.5. The van der Waals surface area contributed by atoms with E-state index in [1.54, 1.807) is 7.11 Å². The Morgan fingerprint density at radius 2 is 1.71 bits per heavy atom. The van der Waals surface area contributed by atoms with Crippen molar-refractivity contribution in [1.82, 2.24) is 0 Å². The first-order valence-electron chi connectivity index (χ1n) is 6.82. The molecule has 0 aromatic heterocycles. The molecule has 2 N–H and O–H groups in total. The Bertz CT molecular complexity index is 568. The first kappa shape index (κ1) is 15.9. The van der Waals surface area contributed by atoms with E-state index in [0.717, 1.165) is 22.3 Å². The summed E-state index contributed by atoms with van der Waals surface area (Å²) in [5, 5.41) is 13.2. The van der Waals surface area contributed by atoms with E-state index in [1.165, 1.54) is 5.56 Å². The summed E-state index contributed by atoms with van der Waals surface area (Å²) in [4.78, 5) is 0. The third-order valence-corrected chi connectivity index (χ3v) is 3.92. The molecule has 21 heavy (non-hydrogen) atoms. The third kappa shape index (κ3) is 4.48. The van der Waals surface area contributed by atoms with Gasteiger partial charge in [-0.2, -0.15) is 0 Å². The molecule has 0 aliphatic carbocycles. The molecule has 0 bridgehead atoms. The Balaban J connectivity index is 2.10. The van der Waals surface area contributed by atoms with Gasteiger partial charge < -0.3 is 15.2 Å². The van der Waals surface area contributed by atoms with Gasteiger partial charge in [-0.05, 0) is 55.3 Å². The summed E-state index contributed by atoms with van der Waals surface area (Å²) in [5.41, 5.74) is 1.72. The predicted octanol–water partition coefficient (Wildman–Crippen LogP) is 3.86. The molecular weight excluding hydrogens is 330 g/mol. The number of nitrogens with one attached hydrogen (secondary N) is 1. The van der Waals surface area contributed by atoms with Crippen LogP contribution in [-0.4, -0.2) is 24.4 Å². The number of halogens is 1. The molecule has 4 heteroatoms. The summed E-state index contributed by atoms with van der Waals surface area (Å²) < 4.78 is 6.21. The van der Waals surface area contributed by atoms with Crippen LogP contribution in [0.5, 0.6) is 5.75 Å². The smallest absolute Gasteiger partial charge is 0.119 e. The van der Waals surface area contributed by atoms with Crippen LogP contribution in [0, 0.1) is 0 Å². The minimum Gasteiger partial charge on any atom is -0.497 e. The second kappa shape index (κ2) is 6.96. The molecule has 0 spiro atoms. The fraction of sp³-hybridized carbons (Fsp3) is 0.294. The van der Waals surface area contributed by atoms with Gasteiger partial charge in [0.25, 0.3) is 0 Å². The van der Waals surface area contributed by atoms with Crippen molar-refractivity contribution in [3.63, 3.8) is 0 Å². The first-order valence-corrected chi connectivity index (χ1v) is 7.61. The van der Waals surface area contributed by atoms with Crippen LogP contribution in [0.4, 0.5) is 5.69 Å². The maximum Gasteiger partial charge on any atom is 0.119 e. The Morgan fingerprint density at radius 3 is 2.24 bits per heavy atom. The van der Waals surface area contributed by atoms with Crippen LogP contribution in [0.1, 0.15) is 12.5 Å². The lowest BCUT2D eigenvalue weighted by Gasteiger charge is -2.30. The molecule has 0 heterocycles. The molecule has 0 radical (unpaired) electrons. The van der Waals surface area contributed by atoms with Crippen LogP contribution < -0.4 is 10.1 Å². The lowest BCUT2D eigenvalue weighted by atomic mass is 9.93. The van der Waals surface area contributed by atoms with Gasteiger partial charge in [0.15, 0.2) is 0 Å². The van der Waals surface area contributed by atoms with E-state index in [-0.39, 0.29) is 6.61 Å². The van der Waals surface area contributed by atoms with E-state index in [0.29, 0.717) is 0 Å². The van der Waals surface area contributed by atoms with Crippen LogP contribution in [0.3, 0.4) is 0 Å². The number of ether oxygens (including phenoxy) is 1. The standard InChI is InChI=1S/C17H20BrNO2/c1-17(12-20,11-13-3-5-14(18)6-4-13)19-15-7-9-16(21-2)10-8-15/h3-10,19-20H,11-12H2,1-2H3. The largest absolute Gasteiger partial charge is 0.497 e. The fourth-order valence-electron chi connectivity index (χ4n) is 2.22. The highest BCUT2D eigenvalue weighted by molar-refractivity contribution is 9.10. The van der Waals surface area contributed by atoms with Crippen molar-refractivity contribution in [1.29, 1.82) is 0 Å². The maximum atomic E-state index is 9.77. The molecule has 2 rings (SSSR count). The number of anilines is 1. The van der Waals surface area contributed by atoms with Crippen LogP contribution in [-0.2, 0) is 6.42 Å². The molecule has 1 atom stereocenters. The summed E-state index contributed by atoms with van der Waals surface area (Å²) in [7, 11) is 1.65. The van der Waals surface area contributed by atoms with Gasteiger partial charge >= 0.3 is 0 Å². The zero-order valence-corrected chi connectivity index (χ0v) is 13.9. The number of rotatable bonds is 6. The second-order valence-electron chi connectivity index (χ2n) is 5.38. The Morgan fingerprint density at radius 1 is 1.10 bits per heavy atom. The average Bonchev–Trinajstić information content (AvgIpc) is 2.50. The molecule has 2 aromatic rings. The average molecular weight is 350 g/mol. The van der Waals surface area contributed by atoms with E-state index < -0.39 is 5.54 Å². The topological polar surface area (TPSA) is 41.5 Å². The van der Waals surface area contributed by atoms with Crippen molar-refractivity contribution >= 4 is 21.6 Å². The molecule has 2 aromatic carbocycles. The molecule has 3 nitrogen and oxygen atoms in total. The van der Waals surface area contributed by atoms with E-state index in [4.69, 9.17) is 4.74 Å². The van der Waals surface area contributed by atoms with Crippen LogP contribution in [0.15, 0.2) is 53.0 Å². The van der Waals surface area contributed by atoms with Gasteiger partial charge in [0.1, 0.15) is 5.75 Å². The molecule has 112 valence electrons. The van der Waals surface area contributed by atoms with Crippen molar-refractivity contribution in [2.75, 3.05) is 19.0 Å². The van der Waals surface area contributed by atoms with E-state index in [9.17, 15) is 5.11 Å². The maximum absolute atomic E-state index is 9.77. The number of methoxy groups -OCH3 is 1. The Hall–Kier alpha value is -1.52. The fourth-order valence-corrected chi connectivity index (χ4v) is 2.48. The number of hydrogen-bond acceptors (Lipinski definition) is 3. The molecule has 0 amide bonds. The highest BCUT2D eigenvalue weighted by Gasteiger charge is 2.23. The number of aliphatic hydroxyl groups is 1. The van der Waals surface area contributed by atoms with E-state index in [2.05, 4.69) is 33.4 Å². The third-order valence-electron chi connectivity index (χ3n) is 3.39. The number of hydrogen-bond donors (Lipinski definition) is 2. The zero-order valence-electron chi connectivity index (χ0n) is 12.3.